The van der Waals surface area contributed by atoms with Gasteiger partial charge in [0.15, 0.2) is 0 Å². The van der Waals surface area contributed by atoms with E-state index in [1.165, 1.54) is 0 Å². The van der Waals surface area contributed by atoms with Crippen LogP contribution in [0.15, 0.2) is 24.3 Å². The van der Waals surface area contributed by atoms with E-state index >= 15 is 0 Å². The molecule has 2 rings (SSSR count). The van der Waals surface area contributed by atoms with E-state index in [2.05, 4.69) is 17.3 Å². The van der Waals surface area contributed by atoms with Crippen LogP contribution in [0.4, 0.5) is 5.69 Å². The van der Waals surface area contributed by atoms with Gasteiger partial charge in [-0.05, 0) is 25.5 Å². The Kier molecular flexibility index (Phi) is 3.38. The van der Waals surface area contributed by atoms with Gasteiger partial charge in [-0.1, -0.05) is 29.8 Å². The minimum atomic E-state index is 0.715. The number of aryl methyl sites for hydroxylation is 2. The summed E-state index contributed by atoms with van der Waals surface area (Å²) in [5, 5.41) is 8.55. The third-order valence-corrected chi connectivity index (χ3v) is 3.29. The molecule has 4 heteroatoms. The molecule has 0 spiro atoms. The third-order valence-electron chi connectivity index (χ3n) is 2.92. The molecular formula is C13H16ClN3. The van der Waals surface area contributed by atoms with E-state index in [0.29, 0.717) is 6.54 Å². The Morgan fingerprint density at radius 3 is 2.59 bits per heavy atom. The van der Waals surface area contributed by atoms with E-state index in [-0.39, 0.29) is 0 Å². The van der Waals surface area contributed by atoms with Gasteiger partial charge in [-0.3, -0.25) is 4.68 Å². The van der Waals surface area contributed by atoms with Crippen molar-refractivity contribution in [3.05, 3.63) is 46.2 Å². The van der Waals surface area contributed by atoms with E-state index in [9.17, 15) is 0 Å². The summed E-state index contributed by atoms with van der Waals surface area (Å²) in [4.78, 5) is 0. The molecule has 0 saturated carbocycles. The topological polar surface area (TPSA) is 29.9 Å². The van der Waals surface area contributed by atoms with Crippen molar-refractivity contribution in [3.63, 3.8) is 0 Å². The van der Waals surface area contributed by atoms with Gasteiger partial charge in [-0.2, -0.15) is 5.10 Å². The van der Waals surface area contributed by atoms with Crippen LogP contribution in [0.1, 0.15) is 17.0 Å². The number of rotatable bonds is 3. The standard InChI is InChI=1S/C13H16ClN3/c1-9-13(10(2)17(3)16-9)15-8-11-6-4-5-7-12(11)14/h4-7,15H,8H2,1-3H3. The van der Waals surface area contributed by atoms with Gasteiger partial charge in [0.2, 0.25) is 0 Å². The van der Waals surface area contributed by atoms with Crippen LogP contribution in [0.3, 0.4) is 0 Å². The smallest absolute Gasteiger partial charge is 0.0827 e. The molecule has 0 saturated heterocycles. The molecule has 0 fully saturated rings. The summed E-state index contributed by atoms with van der Waals surface area (Å²) in [5.74, 6) is 0. The Morgan fingerprint density at radius 2 is 2.00 bits per heavy atom. The molecule has 0 aliphatic carbocycles. The van der Waals surface area contributed by atoms with Crippen LogP contribution in [0.25, 0.3) is 0 Å². The molecule has 0 unspecified atom stereocenters. The highest BCUT2D eigenvalue weighted by molar-refractivity contribution is 6.31. The maximum Gasteiger partial charge on any atom is 0.0827 e. The average molecular weight is 250 g/mol. The summed E-state index contributed by atoms with van der Waals surface area (Å²) < 4.78 is 1.88. The van der Waals surface area contributed by atoms with Crippen LogP contribution in [0.5, 0.6) is 0 Å². The lowest BCUT2D eigenvalue weighted by molar-refractivity contribution is 0.731. The second-order valence-electron chi connectivity index (χ2n) is 4.11. The zero-order chi connectivity index (χ0) is 12.4. The minimum absolute atomic E-state index is 0.715. The van der Waals surface area contributed by atoms with E-state index < -0.39 is 0 Å². The van der Waals surface area contributed by atoms with Crippen LogP contribution in [-0.2, 0) is 13.6 Å². The molecule has 1 N–H and O–H groups in total. The van der Waals surface area contributed by atoms with Crippen LogP contribution in [0, 0.1) is 13.8 Å². The first-order chi connectivity index (χ1) is 8.09. The molecule has 17 heavy (non-hydrogen) atoms. The van der Waals surface area contributed by atoms with E-state index in [4.69, 9.17) is 11.6 Å². The summed E-state index contributed by atoms with van der Waals surface area (Å²) in [6.07, 6.45) is 0. The summed E-state index contributed by atoms with van der Waals surface area (Å²) in [6, 6.07) is 7.86. The van der Waals surface area contributed by atoms with Crippen molar-refractivity contribution < 1.29 is 0 Å². The van der Waals surface area contributed by atoms with Crippen molar-refractivity contribution >= 4 is 17.3 Å². The fourth-order valence-corrected chi connectivity index (χ4v) is 2.06. The molecule has 1 aromatic carbocycles. The molecule has 1 aromatic heterocycles. The molecule has 0 bridgehead atoms. The Morgan fingerprint density at radius 1 is 1.29 bits per heavy atom. The highest BCUT2D eigenvalue weighted by Crippen LogP contribution is 2.21. The first-order valence-electron chi connectivity index (χ1n) is 5.57. The normalized spacial score (nSPS) is 10.6. The van der Waals surface area contributed by atoms with Crippen LogP contribution >= 0.6 is 11.6 Å². The number of anilines is 1. The van der Waals surface area contributed by atoms with Gasteiger partial charge in [-0.15, -0.1) is 0 Å². The van der Waals surface area contributed by atoms with E-state index in [0.717, 1.165) is 27.7 Å². The molecule has 0 atom stereocenters. The SMILES string of the molecule is Cc1nn(C)c(C)c1NCc1ccccc1Cl. The summed E-state index contributed by atoms with van der Waals surface area (Å²) in [6.45, 7) is 4.77. The molecule has 2 aromatic rings. The van der Waals surface area contributed by atoms with Gasteiger partial charge in [-0.25, -0.2) is 0 Å². The number of nitrogens with one attached hydrogen (secondary N) is 1. The molecular weight excluding hydrogens is 234 g/mol. The molecule has 0 amide bonds. The van der Waals surface area contributed by atoms with Crippen molar-refractivity contribution in [3.8, 4) is 0 Å². The van der Waals surface area contributed by atoms with Gasteiger partial charge in [0.05, 0.1) is 17.1 Å². The summed E-state index contributed by atoms with van der Waals surface area (Å²) in [7, 11) is 1.95. The average Bonchev–Trinajstić information content (AvgIpc) is 2.53. The fourth-order valence-electron chi connectivity index (χ4n) is 1.85. The molecule has 3 nitrogen and oxygen atoms in total. The quantitative estimate of drug-likeness (QED) is 0.905. The van der Waals surface area contributed by atoms with Crippen molar-refractivity contribution in [2.75, 3.05) is 5.32 Å². The fraction of sp³-hybridized carbons (Fsp3) is 0.308. The van der Waals surface area contributed by atoms with E-state index in [1.54, 1.807) is 0 Å². The zero-order valence-corrected chi connectivity index (χ0v) is 11.0. The van der Waals surface area contributed by atoms with Gasteiger partial charge in [0, 0.05) is 18.6 Å². The van der Waals surface area contributed by atoms with Gasteiger partial charge in [0.25, 0.3) is 0 Å². The maximum atomic E-state index is 6.11. The van der Waals surface area contributed by atoms with Crippen molar-refractivity contribution in [1.82, 2.24) is 9.78 Å². The second kappa shape index (κ2) is 4.80. The van der Waals surface area contributed by atoms with Gasteiger partial charge < -0.3 is 5.32 Å². The van der Waals surface area contributed by atoms with Crippen LogP contribution in [0.2, 0.25) is 5.02 Å². The maximum absolute atomic E-state index is 6.11. The van der Waals surface area contributed by atoms with Crippen molar-refractivity contribution in [2.45, 2.75) is 20.4 Å². The molecule has 1 heterocycles. The van der Waals surface area contributed by atoms with Crippen molar-refractivity contribution in [1.29, 1.82) is 0 Å². The highest BCUT2D eigenvalue weighted by atomic mass is 35.5. The number of hydrogen-bond donors (Lipinski definition) is 1. The van der Waals surface area contributed by atoms with Crippen molar-refractivity contribution in [2.24, 2.45) is 7.05 Å². The number of aromatic nitrogens is 2. The Balaban J connectivity index is 2.15. The van der Waals surface area contributed by atoms with Crippen LogP contribution in [-0.4, -0.2) is 9.78 Å². The first-order valence-corrected chi connectivity index (χ1v) is 5.95. The molecule has 0 aliphatic rings. The Hall–Kier alpha value is -1.48. The third kappa shape index (κ3) is 2.44. The summed E-state index contributed by atoms with van der Waals surface area (Å²) in [5.41, 5.74) is 4.33. The van der Waals surface area contributed by atoms with Gasteiger partial charge in [0.1, 0.15) is 0 Å². The lowest BCUT2D eigenvalue weighted by Gasteiger charge is -2.08. The molecule has 0 radical (unpaired) electrons. The lowest BCUT2D eigenvalue weighted by Crippen LogP contribution is -2.02. The molecule has 0 aliphatic heterocycles. The minimum Gasteiger partial charge on any atom is -0.378 e. The zero-order valence-electron chi connectivity index (χ0n) is 10.3. The predicted molar refractivity (Wildman–Crippen MR) is 71.5 cm³/mol. The number of hydrogen-bond acceptors (Lipinski definition) is 2. The largest absolute Gasteiger partial charge is 0.378 e. The summed E-state index contributed by atoms with van der Waals surface area (Å²) >= 11 is 6.11. The monoisotopic (exact) mass is 249 g/mol. The highest BCUT2D eigenvalue weighted by Gasteiger charge is 2.09. The van der Waals surface area contributed by atoms with Gasteiger partial charge >= 0.3 is 0 Å². The lowest BCUT2D eigenvalue weighted by atomic mass is 10.2. The number of benzene rings is 1. The number of nitrogens with zero attached hydrogens (tertiary/aromatic N) is 2. The molecule has 90 valence electrons. The van der Waals surface area contributed by atoms with Crippen LogP contribution < -0.4 is 5.32 Å². The first kappa shape index (κ1) is 12.0. The van der Waals surface area contributed by atoms with E-state index in [1.807, 2.05) is 42.9 Å². The number of halogens is 1. The second-order valence-corrected chi connectivity index (χ2v) is 4.52. The Bertz CT molecular complexity index is 531. The Labute approximate surface area is 106 Å². The predicted octanol–water partition coefficient (Wildman–Crippen LogP) is 3.30.